The first-order valence-corrected chi connectivity index (χ1v) is 9.00. The van der Waals surface area contributed by atoms with Crippen molar-refractivity contribution in [2.45, 2.75) is 50.2 Å². The molecule has 29 heavy (non-hydrogen) atoms. The molecule has 13 heteroatoms. The number of hydrogen-bond donors (Lipinski definition) is 8. The van der Waals surface area contributed by atoms with Crippen LogP contribution in [-0.4, -0.2) is 82.8 Å². The smallest absolute Gasteiger partial charge is 0.322 e. The molecule has 166 valence electrons. The fraction of sp³-hybridized carbons (Fsp3) is 0.688. The number of aliphatic hydroxyl groups is 1. The Morgan fingerprint density at radius 3 is 1.93 bits per heavy atom. The second kappa shape index (κ2) is 14.3. The normalized spacial score (nSPS) is 13.6. The van der Waals surface area contributed by atoms with Crippen LogP contribution in [-0.2, 0) is 24.0 Å². The van der Waals surface area contributed by atoms with Crippen molar-refractivity contribution in [3.8, 4) is 0 Å². The van der Waals surface area contributed by atoms with Gasteiger partial charge in [-0.3, -0.25) is 24.0 Å². The number of carbonyl (C=O) groups excluding carboxylic acids is 3. The van der Waals surface area contributed by atoms with E-state index in [4.69, 9.17) is 26.8 Å². The number of carboxylic acids is 2. The molecule has 0 spiro atoms. The Labute approximate surface area is 167 Å². The number of nitrogens with one attached hydrogen (secondary N) is 3. The molecule has 0 heterocycles. The summed E-state index contributed by atoms with van der Waals surface area (Å²) in [4.78, 5) is 58.0. The van der Waals surface area contributed by atoms with Crippen LogP contribution in [0.5, 0.6) is 0 Å². The third-order valence-corrected chi connectivity index (χ3v) is 3.81. The molecule has 3 atom stereocenters. The molecule has 0 aromatic heterocycles. The van der Waals surface area contributed by atoms with Crippen LogP contribution in [0.2, 0.25) is 0 Å². The number of rotatable bonds is 15. The molecular formula is C16H29N5O8. The van der Waals surface area contributed by atoms with E-state index < -0.39 is 67.4 Å². The summed E-state index contributed by atoms with van der Waals surface area (Å²) >= 11 is 0. The Hall–Kier alpha value is -2.77. The summed E-state index contributed by atoms with van der Waals surface area (Å²) in [5.74, 6) is -4.92. The molecule has 0 aliphatic rings. The number of unbranched alkanes of at least 4 members (excludes halogenated alkanes) is 1. The lowest BCUT2D eigenvalue weighted by atomic mass is 10.1. The van der Waals surface area contributed by atoms with Gasteiger partial charge in [0, 0.05) is 6.42 Å². The molecule has 0 saturated heterocycles. The van der Waals surface area contributed by atoms with Gasteiger partial charge >= 0.3 is 11.9 Å². The predicted octanol–water partition coefficient (Wildman–Crippen LogP) is -3.53. The number of nitrogens with two attached hydrogens (primary N) is 2. The van der Waals surface area contributed by atoms with Crippen molar-refractivity contribution in [2.24, 2.45) is 11.5 Å². The van der Waals surface area contributed by atoms with E-state index in [0.717, 1.165) is 0 Å². The molecule has 0 saturated carbocycles. The highest BCUT2D eigenvalue weighted by molar-refractivity contribution is 5.93. The van der Waals surface area contributed by atoms with E-state index in [-0.39, 0.29) is 12.8 Å². The standard InChI is InChI=1S/C16H29N5O8/c17-6-2-1-3-10(15(28)19-7-13(25)26)21-16(29)11(4-5-12(23)24)20-14(27)9(18)8-22/h9-11,22H,1-8,17-18H2,(H,19,28)(H,20,27)(H,21,29)(H,23,24)(H,25,26). The van der Waals surface area contributed by atoms with Gasteiger partial charge in [0.2, 0.25) is 17.7 Å². The fourth-order valence-electron chi connectivity index (χ4n) is 2.22. The molecule has 10 N–H and O–H groups in total. The maximum atomic E-state index is 12.5. The molecule has 0 aromatic carbocycles. The van der Waals surface area contributed by atoms with Crippen LogP contribution in [0, 0.1) is 0 Å². The van der Waals surface area contributed by atoms with E-state index in [2.05, 4.69) is 16.0 Å². The van der Waals surface area contributed by atoms with E-state index in [1.807, 2.05) is 0 Å². The monoisotopic (exact) mass is 419 g/mol. The van der Waals surface area contributed by atoms with Gasteiger partial charge in [0.1, 0.15) is 24.7 Å². The van der Waals surface area contributed by atoms with Crippen LogP contribution in [0.1, 0.15) is 32.1 Å². The maximum Gasteiger partial charge on any atom is 0.322 e. The Morgan fingerprint density at radius 2 is 1.41 bits per heavy atom. The van der Waals surface area contributed by atoms with Gasteiger partial charge in [-0.1, -0.05) is 0 Å². The molecule has 0 aliphatic heterocycles. The number of carbonyl (C=O) groups is 5. The highest BCUT2D eigenvalue weighted by atomic mass is 16.4. The topological polar surface area (TPSA) is 234 Å². The Morgan fingerprint density at radius 1 is 0.828 bits per heavy atom. The SMILES string of the molecule is NCCCCC(NC(=O)C(CCC(=O)O)NC(=O)C(N)CO)C(=O)NCC(=O)O. The zero-order valence-electron chi connectivity index (χ0n) is 15.9. The summed E-state index contributed by atoms with van der Waals surface area (Å²) in [6, 6.07) is -3.74. The van der Waals surface area contributed by atoms with Crippen molar-refractivity contribution in [3.05, 3.63) is 0 Å². The molecule has 0 radical (unpaired) electrons. The van der Waals surface area contributed by atoms with Crippen LogP contribution in [0.3, 0.4) is 0 Å². The average Bonchev–Trinajstić information content (AvgIpc) is 2.67. The van der Waals surface area contributed by atoms with Gasteiger partial charge in [-0.2, -0.15) is 0 Å². The van der Waals surface area contributed by atoms with Crippen molar-refractivity contribution in [1.29, 1.82) is 0 Å². The lowest BCUT2D eigenvalue weighted by molar-refractivity contribution is -0.138. The predicted molar refractivity (Wildman–Crippen MR) is 99.3 cm³/mol. The Kier molecular flexibility index (Phi) is 12.9. The summed E-state index contributed by atoms with van der Waals surface area (Å²) in [6.45, 7) is -0.973. The fourth-order valence-corrected chi connectivity index (χ4v) is 2.22. The molecule has 3 amide bonds. The van der Waals surface area contributed by atoms with Crippen LogP contribution in [0.4, 0.5) is 0 Å². The molecule has 3 unspecified atom stereocenters. The van der Waals surface area contributed by atoms with Crippen LogP contribution in [0.25, 0.3) is 0 Å². The number of amides is 3. The highest BCUT2D eigenvalue weighted by Gasteiger charge is 2.28. The molecule has 0 bridgehead atoms. The summed E-state index contributed by atoms with van der Waals surface area (Å²) in [5, 5.41) is 33.2. The van der Waals surface area contributed by atoms with E-state index in [1.165, 1.54) is 0 Å². The quantitative estimate of drug-likeness (QED) is 0.122. The largest absolute Gasteiger partial charge is 0.481 e. The van der Waals surface area contributed by atoms with Crippen LogP contribution < -0.4 is 27.4 Å². The first kappa shape index (κ1) is 26.2. The van der Waals surface area contributed by atoms with Crippen molar-refractivity contribution in [1.82, 2.24) is 16.0 Å². The lowest BCUT2D eigenvalue weighted by Gasteiger charge is -2.23. The molecular weight excluding hydrogens is 390 g/mol. The number of carboxylic acid groups (broad SMARTS) is 2. The first-order valence-electron chi connectivity index (χ1n) is 9.00. The van der Waals surface area contributed by atoms with Gasteiger partial charge in [0.05, 0.1) is 6.61 Å². The van der Waals surface area contributed by atoms with Gasteiger partial charge < -0.3 is 42.7 Å². The van der Waals surface area contributed by atoms with E-state index >= 15 is 0 Å². The van der Waals surface area contributed by atoms with Gasteiger partial charge in [-0.15, -0.1) is 0 Å². The minimum absolute atomic E-state index is 0.157. The summed E-state index contributed by atoms with van der Waals surface area (Å²) in [7, 11) is 0. The Bertz CT molecular complexity index is 586. The second-order valence-corrected chi connectivity index (χ2v) is 6.24. The minimum Gasteiger partial charge on any atom is -0.481 e. The maximum absolute atomic E-state index is 12.5. The lowest BCUT2D eigenvalue weighted by Crippen LogP contribution is -2.56. The number of aliphatic carboxylic acids is 2. The van der Waals surface area contributed by atoms with E-state index in [9.17, 15) is 24.0 Å². The van der Waals surface area contributed by atoms with Crippen molar-refractivity contribution >= 4 is 29.7 Å². The average molecular weight is 419 g/mol. The molecule has 0 aromatic rings. The van der Waals surface area contributed by atoms with Gasteiger partial charge in [-0.25, -0.2) is 0 Å². The molecule has 0 fully saturated rings. The molecule has 13 nitrogen and oxygen atoms in total. The number of aliphatic hydroxyl groups excluding tert-OH is 1. The molecule has 0 rings (SSSR count). The van der Waals surface area contributed by atoms with Crippen LogP contribution in [0.15, 0.2) is 0 Å². The second-order valence-electron chi connectivity index (χ2n) is 6.24. The van der Waals surface area contributed by atoms with Crippen molar-refractivity contribution in [3.63, 3.8) is 0 Å². The van der Waals surface area contributed by atoms with E-state index in [1.54, 1.807) is 0 Å². The number of hydrogen-bond acceptors (Lipinski definition) is 8. The summed E-state index contributed by atoms with van der Waals surface area (Å²) < 4.78 is 0. The third-order valence-electron chi connectivity index (χ3n) is 3.81. The van der Waals surface area contributed by atoms with Crippen molar-refractivity contribution < 1.29 is 39.3 Å². The zero-order valence-corrected chi connectivity index (χ0v) is 15.9. The molecule has 0 aliphatic carbocycles. The van der Waals surface area contributed by atoms with Crippen LogP contribution >= 0.6 is 0 Å². The summed E-state index contributed by atoms with van der Waals surface area (Å²) in [5.41, 5.74) is 10.8. The Balaban J connectivity index is 5.21. The zero-order chi connectivity index (χ0) is 22.4. The van der Waals surface area contributed by atoms with Gasteiger partial charge in [0.25, 0.3) is 0 Å². The summed E-state index contributed by atoms with van der Waals surface area (Å²) in [6.07, 6.45) is 0.448. The van der Waals surface area contributed by atoms with Crippen molar-refractivity contribution in [2.75, 3.05) is 19.7 Å². The minimum atomic E-state index is -1.32. The van der Waals surface area contributed by atoms with Gasteiger partial charge in [0.15, 0.2) is 0 Å². The van der Waals surface area contributed by atoms with Gasteiger partial charge in [-0.05, 0) is 32.2 Å². The third kappa shape index (κ3) is 11.6. The first-order chi connectivity index (χ1) is 13.6. The highest BCUT2D eigenvalue weighted by Crippen LogP contribution is 2.04. The van der Waals surface area contributed by atoms with E-state index in [0.29, 0.717) is 19.4 Å².